The van der Waals surface area contributed by atoms with Crippen LogP contribution in [0.1, 0.15) is 93.3 Å². The Balaban J connectivity index is 2.55. The van der Waals surface area contributed by atoms with Crippen molar-refractivity contribution >= 4 is 23.9 Å². The molecule has 35 heavy (non-hydrogen) atoms. The molecule has 2 unspecified atom stereocenters. The van der Waals surface area contributed by atoms with Gasteiger partial charge in [-0.1, -0.05) is 77.9 Å². The van der Waals surface area contributed by atoms with E-state index in [9.17, 15) is 4.79 Å². The molecule has 0 fully saturated rings. The van der Waals surface area contributed by atoms with Crippen LogP contribution in [0.15, 0.2) is 42.5 Å². The summed E-state index contributed by atoms with van der Waals surface area (Å²) in [5.41, 5.74) is 5.79. The number of rotatable bonds is 10. The van der Waals surface area contributed by atoms with Crippen LogP contribution in [0.25, 0.3) is 0 Å². The van der Waals surface area contributed by atoms with E-state index in [1.807, 2.05) is 18.2 Å². The van der Waals surface area contributed by atoms with Gasteiger partial charge in [0.05, 0.1) is 12.2 Å². The van der Waals surface area contributed by atoms with Crippen LogP contribution in [0.3, 0.4) is 0 Å². The molecule has 5 heteroatoms. The van der Waals surface area contributed by atoms with Crippen molar-refractivity contribution in [1.29, 1.82) is 0 Å². The van der Waals surface area contributed by atoms with Crippen LogP contribution in [0.4, 0.5) is 0 Å². The molecule has 0 radical (unpaired) electrons. The van der Waals surface area contributed by atoms with Crippen LogP contribution in [0.2, 0.25) is 26.2 Å². The Labute approximate surface area is 218 Å². The van der Waals surface area contributed by atoms with Crippen molar-refractivity contribution in [1.82, 2.24) is 0 Å². The Morgan fingerprint density at radius 3 is 1.69 bits per heavy atom. The molecule has 0 bridgehead atoms. The lowest BCUT2D eigenvalue weighted by atomic mass is 9.77. The monoisotopic (exact) mass is 512 g/mol. The molecule has 0 aliphatic rings. The minimum absolute atomic E-state index is 0.0155. The zero-order chi connectivity index (χ0) is 26.6. The fourth-order valence-corrected chi connectivity index (χ4v) is 6.71. The summed E-state index contributed by atoms with van der Waals surface area (Å²) in [4.78, 5) is 11.8. The van der Waals surface area contributed by atoms with Crippen LogP contribution in [0.5, 0.6) is 0 Å². The predicted octanol–water partition coefficient (Wildman–Crippen LogP) is 7.85. The van der Waals surface area contributed by atoms with Gasteiger partial charge in [0.1, 0.15) is 0 Å². The number of hydrogen-bond donors (Lipinski definition) is 0. The molecule has 2 rings (SSSR count). The quantitative estimate of drug-likeness (QED) is 0.240. The van der Waals surface area contributed by atoms with Gasteiger partial charge in [-0.15, -0.1) is 0 Å². The number of Topliss-reactive ketones (excluding diaryl/α,β-unsaturated/α-hetero) is 1. The van der Waals surface area contributed by atoms with Gasteiger partial charge in [0.2, 0.25) is 0 Å². The van der Waals surface area contributed by atoms with Gasteiger partial charge < -0.3 is 8.85 Å². The van der Waals surface area contributed by atoms with Crippen LogP contribution in [-0.4, -0.2) is 23.9 Å². The molecule has 3 nitrogen and oxygen atoms in total. The third-order valence-corrected chi connectivity index (χ3v) is 7.77. The van der Waals surface area contributed by atoms with Crippen molar-refractivity contribution < 1.29 is 13.6 Å². The first-order chi connectivity index (χ1) is 16.1. The van der Waals surface area contributed by atoms with Gasteiger partial charge in [-0.2, -0.15) is 0 Å². The number of benzene rings is 2. The Morgan fingerprint density at radius 1 is 0.743 bits per heavy atom. The average Bonchev–Trinajstić information content (AvgIpc) is 2.73. The molecule has 0 amide bonds. The Bertz CT molecular complexity index is 984. The van der Waals surface area contributed by atoms with Crippen molar-refractivity contribution in [3.8, 4) is 0 Å². The first kappa shape index (κ1) is 29.7. The van der Waals surface area contributed by atoms with E-state index >= 15 is 0 Å². The van der Waals surface area contributed by atoms with E-state index in [1.165, 1.54) is 22.3 Å². The van der Waals surface area contributed by atoms with Crippen molar-refractivity contribution in [3.63, 3.8) is 0 Å². The second-order valence-corrected chi connectivity index (χ2v) is 17.3. The van der Waals surface area contributed by atoms with Crippen LogP contribution in [0, 0.1) is 10.8 Å². The standard InChI is InChI=1S/C30H48O3Si2/c1-21(31)24-14-12-13-22(19-24)15-16-23-17-18-25(27(29(2,3)4)32-34(8)9)26(20-23)28(30(5,6)7)33-35(10)11/h12-14,17-20,27-28,34-35H,15-16H2,1-11H3. The van der Waals surface area contributed by atoms with E-state index in [4.69, 9.17) is 8.85 Å². The highest BCUT2D eigenvalue weighted by atomic mass is 28.3. The predicted molar refractivity (Wildman–Crippen MR) is 155 cm³/mol. The maximum absolute atomic E-state index is 11.8. The van der Waals surface area contributed by atoms with Crippen LogP contribution >= 0.6 is 0 Å². The highest BCUT2D eigenvalue weighted by molar-refractivity contribution is 6.48. The SMILES string of the molecule is CC(=O)c1cccc(CCc2ccc(C(O[SiH](C)C)C(C)(C)C)c(C(O[SiH](C)C)C(C)(C)C)c2)c1. The summed E-state index contributed by atoms with van der Waals surface area (Å²) >= 11 is 0. The van der Waals surface area contributed by atoms with Crippen LogP contribution < -0.4 is 0 Å². The lowest BCUT2D eigenvalue weighted by Gasteiger charge is -2.39. The fourth-order valence-electron chi connectivity index (χ4n) is 4.51. The molecule has 0 N–H and O–H groups in total. The summed E-state index contributed by atoms with van der Waals surface area (Å²) in [6, 6.07) is 15.0. The molecule has 0 spiro atoms. The molecule has 0 saturated carbocycles. The van der Waals surface area contributed by atoms with Crippen molar-refractivity contribution in [3.05, 3.63) is 70.3 Å². The molecule has 194 valence electrons. The van der Waals surface area contributed by atoms with Gasteiger partial charge in [0, 0.05) is 5.56 Å². The van der Waals surface area contributed by atoms with E-state index in [2.05, 4.69) is 92.0 Å². The molecular weight excluding hydrogens is 464 g/mol. The maximum atomic E-state index is 11.8. The second-order valence-electron chi connectivity index (χ2n) is 12.6. The van der Waals surface area contributed by atoms with Gasteiger partial charge in [0.25, 0.3) is 0 Å². The maximum Gasteiger partial charge on any atom is 0.171 e. The Morgan fingerprint density at radius 2 is 1.23 bits per heavy atom. The normalized spacial score (nSPS) is 14.4. The van der Waals surface area contributed by atoms with E-state index in [-0.39, 0.29) is 28.8 Å². The zero-order valence-electron chi connectivity index (χ0n) is 24.0. The molecule has 0 saturated heterocycles. The van der Waals surface area contributed by atoms with E-state index in [0.29, 0.717) is 0 Å². The Kier molecular flexibility index (Phi) is 10.3. The molecule has 0 aliphatic heterocycles. The third kappa shape index (κ3) is 8.81. The van der Waals surface area contributed by atoms with Crippen molar-refractivity contribution in [2.75, 3.05) is 0 Å². The van der Waals surface area contributed by atoms with Gasteiger partial charge in [-0.05, 0) is 85.1 Å². The summed E-state index contributed by atoms with van der Waals surface area (Å²) in [5.74, 6) is 0.114. The highest BCUT2D eigenvalue weighted by Gasteiger charge is 2.35. The minimum atomic E-state index is -1.28. The average molecular weight is 513 g/mol. The highest BCUT2D eigenvalue weighted by Crippen LogP contribution is 2.45. The molecule has 0 aliphatic carbocycles. The summed E-state index contributed by atoms with van der Waals surface area (Å²) in [7, 11) is -2.54. The van der Waals surface area contributed by atoms with Crippen molar-refractivity contribution in [2.45, 2.75) is 99.7 Å². The summed E-state index contributed by atoms with van der Waals surface area (Å²) in [6.45, 7) is 24.3. The van der Waals surface area contributed by atoms with E-state index < -0.39 is 18.1 Å². The third-order valence-electron chi connectivity index (χ3n) is 6.14. The summed E-state index contributed by atoms with van der Waals surface area (Å²) < 4.78 is 13.4. The van der Waals surface area contributed by atoms with E-state index in [0.717, 1.165) is 18.4 Å². The molecule has 2 atom stereocenters. The number of aryl methyl sites for hydroxylation is 2. The van der Waals surface area contributed by atoms with Crippen molar-refractivity contribution in [2.24, 2.45) is 10.8 Å². The zero-order valence-corrected chi connectivity index (χ0v) is 26.3. The fraction of sp³-hybridized carbons (Fsp3) is 0.567. The van der Waals surface area contributed by atoms with Gasteiger partial charge in [0.15, 0.2) is 23.9 Å². The minimum Gasteiger partial charge on any atom is -0.413 e. The number of carbonyl (C=O) groups is 1. The Hall–Kier alpha value is -1.54. The lowest BCUT2D eigenvalue weighted by molar-refractivity contribution is 0.0655. The van der Waals surface area contributed by atoms with E-state index in [1.54, 1.807) is 6.92 Å². The molecule has 2 aromatic rings. The molecular formula is C30H48O3Si2. The van der Waals surface area contributed by atoms with Gasteiger partial charge in [-0.3, -0.25) is 4.79 Å². The van der Waals surface area contributed by atoms with Crippen LogP contribution in [-0.2, 0) is 21.7 Å². The number of hydrogen-bond acceptors (Lipinski definition) is 3. The first-order valence-electron chi connectivity index (χ1n) is 13.1. The van der Waals surface area contributed by atoms with Gasteiger partial charge in [-0.25, -0.2) is 0 Å². The molecule has 2 aromatic carbocycles. The number of carbonyl (C=O) groups excluding carboxylic acids is 1. The first-order valence-corrected chi connectivity index (χ1v) is 18.7. The lowest BCUT2D eigenvalue weighted by Crippen LogP contribution is -2.31. The topological polar surface area (TPSA) is 35.5 Å². The smallest absolute Gasteiger partial charge is 0.171 e. The second kappa shape index (κ2) is 12.1. The molecule has 0 aromatic heterocycles. The summed E-state index contributed by atoms with van der Waals surface area (Å²) in [5, 5.41) is 0. The summed E-state index contributed by atoms with van der Waals surface area (Å²) in [6.07, 6.45) is 1.88. The molecule has 0 heterocycles. The number of ketones is 1. The van der Waals surface area contributed by atoms with Gasteiger partial charge >= 0.3 is 0 Å². The largest absolute Gasteiger partial charge is 0.413 e.